The molecule has 1 spiro atoms. The highest BCUT2D eigenvalue weighted by Gasteiger charge is 2.48. The number of fused-ring (bicyclic) bond motifs is 1. The van der Waals surface area contributed by atoms with Gasteiger partial charge in [0.05, 0.1) is 30.7 Å². The van der Waals surface area contributed by atoms with Crippen LogP contribution < -0.4 is 26.2 Å². The monoisotopic (exact) mass is 494 g/mol. The van der Waals surface area contributed by atoms with E-state index in [1.54, 1.807) is 9.80 Å². The fraction of sp³-hybridized carbons (Fsp3) is 0.520. The quantitative estimate of drug-likeness (QED) is 0.362. The third-order valence-corrected chi connectivity index (χ3v) is 7.91. The maximum absolute atomic E-state index is 12.1. The van der Waals surface area contributed by atoms with Crippen LogP contribution in [0.4, 0.5) is 23.0 Å². The van der Waals surface area contributed by atoms with Crippen molar-refractivity contribution in [1.29, 1.82) is 5.41 Å². The molecule has 0 unspecified atom stereocenters. The van der Waals surface area contributed by atoms with Crippen LogP contribution in [0, 0.1) is 10.8 Å². The molecule has 36 heavy (non-hydrogen) atoms. The Morgan fingerprint density at radius 3 is 2.39 bits per heavy atom. The lowest BCUT2D eigenvalue weighted by Crippen LogP contribution is -2.51. The maximum atomic E-state index is 12.1. The normalized spacial score (nSPS) is 23.2. The zero-order valence-corrected chi connectivity index (χ0v) is 20.8. The summed E-state index contributed by atoms with van der Waals surface area (Å²) >= 11 is 0. The van der Waals surface area contributed by atoms with E-state index in [9.17, 15) is 9.90 Å². The van der Waals surface area contributed by atoms with Crippen molar-refractivity contribution >= 4 is 34.8 Å². The highest BCUT2D eigenvalue weighted by atomic mass is 16.5. The van der Waals surface area contributed by atoms with Crippen molar-refractivity contribution in [2.75, 3.05) is 53.2 Å². The molecule has 1 amide bonds. The van der Waals surface area contributed by atoms with Crippen molar-refractivity contribution in [2.45, 2.75) is 45.4 Å². The lowest BCUT2D eigenvalue weighted by Gasteiger charge is -2.42. The van der Waals surface area contributed by atoms with E-state index in [0.29, 0.717) is 44.3 Å². The Balaban J connectivity index is 1.40. The predicted octanol–water partition coefficient (Wildman–Crippen LogP) is 1.08. The van der Waals surface area contributed by atoms with Gasteiger partial charge in [-0.15, -0.1) is 0 Å². The van der Waals surface area contributed by atoms with E-state index in [0.717, 1.165) is 24.2 Å². The Labute approximate surface area is 210 Å². The molecule has 2 saturated heterocycles. The number of para-hydroxylation sites is 2. The Morgan fingerprint density at radius 2 is 1.81 bits per heavy atom. The van der Waals surface area contributed by atoms with Crippen molar-refractivity contribution in [3.05, 3.63) is 35.7 Å². The van der Waals surface area contributed by atoms with Gasteiger partial charge in [-0.25, -0.2) is 9.97 Å². The standard InChI is InChI=1S/C25H34N8O3/c1-15-21(26)25(14-36-15)7-9-31(10-8-25)24-17(13-34)29-20(22(27)30-24)23(28)33-12-11-32(16(2)35)18-5-3-4-6-19(18)33/h3-6,15,21,28,34H,7-14,26H2,1-2H3,(H2,27,30)/t15-,21+/m0/s1. The topological polar surface area (TPSA) is 158 Å². The number of hydrogen-bond acceptors (Lipinski definition) is 9. The summed E-state index contributed by atoms with van der Waals surface area (Å²) < 4.78 is 5.83. The van der Waals surface area contributed by atoms with E-state index in [1.807, 2.05) is 31.2 Å². The second-order valence-corrected chi connectivity index (χ2v) is 9.94. The Morgan fingerprint density at radius 1 is 1.17 bits per heavy atom. The van der Waals surface area contributed by atoms with Gasteiger partial charge in [0.2, 0.25) is 5.91 Å². The molecule has 0 bridgehead atoms. The number of nitrogen functional groups attached to an aromatic ring is 1. The molecule has 2 fully saturated rings. The maximum Gasteiger partial charge on any atom is 0.223 e. The Bertz CT molecular complexity index is 1180. The fourth-order valence-corrected chi connectivity index (χ4v) is 5.69. The molecule has 1 aromatic carbocycles. The smallest absolute Gasteiger partial charge is 0.223 e. The van der Waals surface area contributed by atoms with Crippen molar-refractivity contribution in [3.63, 3.8) is 0 Å². The van der Waals surface area contributed by atoms with Crippen molar-refractivity contribution in [1.82, 2.24) is 9.97 Å². The van der Waals surface area contributed by atoms with Crippen LogP contribution in [0.5, 0.6) is 0 Å². The number of rotatable bonds is 3. The molecule has 5 rings (SSSR count). The van der Waals surface area contributed by atoms with Gasteiger partial charge in [-0.1, -0.05) is 12.1 Å². The second kappa shape index (κ2) is 9.30. The van der Waals surface area contributed by atoms with Crippen molar-refractivity contribution < 1.29 is 14.6 Å². The van der Waals surface area contributed by atoms with Gasteiger partial charge < -0.3 is 36.0 Å². The van der Waals surface area contributed by atoms with Crippen LogP contribution in [0.1, 0.15) is 38.1 Å². The van der Waals surface area contributed by atoms with Crippen LogP contribution in [-0.4, -0.2) is 71.7 Å². The van der Waals surface area contributed by atoms with Gasteiger partial charge in [0.25, 0.3) is 0 Å². The summed E-state index contributed by atoms with van der Waals surface area (Å²) in [5.74, 6) is 0.706. The number of nitrogens with zero attached hydrogens (tertiary/aromatic N) is 5. The first-order chi connectivity index (χ1) is 17.3. The number of nitrogens with one attached hydrogen (secondary N) is 1. The van der Waals surface area contributed by atoms with Crippen LogP contribution in [0.25, 0.3) is 0 Å². The average Bonchev–Trinajstić information content (AvgIpc) is 3.16. The number of amides is 1. The number of aromatic nitrogens is 2. The van der Waals surface area contributed by atoms with E-state index >= 15 is 0 Å². The molecule has 192 valence electrons. The number of aliphatic hydroxyl groups excluding tert-OH is 1. The second-order valence-electron chi connectivity index (χ2n) is 9.94. The van der Waals surface area contributed by atoms with E-state index in [2.05, 4.69) is 14.9 Å². The first-order valence-corrected chi connectivity index (χ1v) is 12.4. The number of amidine groups is 1. The van der Waals surface area contributed by atoms with E-state index < -0.39 is 0 Å². The molecule has 1 aromatic heterocycles. The van der Waals surface area contributed by atoms with Gasteiger partial charge in [-0.3, -0.25) is 10.2 Å². The van der Waals surface area contributed by atoms with E-state index in [4.69, 9.17) is 21.6 Å². The summed E-state index contributed by atoms with van der Waals surface area (Å²) in [5, 5.41) is 19.1. The minimum Gasteiger partial charge on any atom is -0.390 e. The number of aliphatic hydroxyl groups is 1. The zero-order valence-electron chi connectivity index (χ0n) is 20.8. The number of ether oxygens (including phenoxy) is 1. The van der Waals surface area contributed by atoms with Gasteiger partial charge in [0, 0.05) is 44.6 Å². The van der Waals surface area contributed by atoms with Crippen LogP contribution in [0.3, 0.4) is 0 Å². The first-order valence-electron chi connectivity index (χ1n) is 12.4. The lowest BCUT2D eigenvalue weighted by atomic mass is 9.73. The van der Waals surface area contributed by atoms with Gasteiger partial charge in [0.1, 0.15) is 11.4 Å². The Hall–Kier alpha value is -3.28. The van der Waals surface area contributed by atoms with Crippen LogP contribution in [0.2, 0.25) is 0 Å². The molecule has 4 heterocycles. The van der Waals surface area contributed by atoms with Crippen LogP contribution in [-0.2, 0) is 16.1 Å². The average molecular weight is 495 g/mol. The highest BCUT2D eigenvalue weighted by molar-refractivity contribution is 6.12. The van der Waals surface area contributed by atoms with E-state index in [-0.39, 0.29) is 47.4 Å². The molecular weight excluding hydrogens is 460 g/mol. The molecule has 0 radical (unpaired) electrons. The SMILES string of the molecule is CC(=O)N1CCN(C(=N)c2nc(CO)c(N3CCC4(CC3)CO[C@@H](C)[C@H]4N)nc2N)c2ccccc21. The van der Waals surface area contributed by atoms with Gasteiger partial charge >= 0.3 is 0 Å². The lowest BCUT2D eigenvalue weighted by molar-refractivity contribution is -0.116. The molecule has 3 aliphatic heterocycles. The molecule has 2 aromatic rings. The number of benzene rings is 1. The molecule has 11 nitrogen and oxygen atoms in total. The van der Waals surface area contributed by atoms with Crippen molar-refractivity contribution in [3.8, 4) is 0 Å². The Kier molecular flexibility index (Phi) is 6.31. The van der Waals surface area contributed by atoms with Gasteiger partial charge in [-0.05, 0) is 31.9 Å². The number of carbonyl (C=O) groups excluding carboxylic acids is 1. The summed E-state index contributed by atoms with van der Waals surface area (Å²) in [7, 11) is 0. The summed E-state index contributed by atoms with van der Waals surface area (Å²) in [5.41, 5.74) is 14.8. The van der Waals surface area contributed by atoms with Crippen LogP contribution in [0.15, 0.2) is 24.3 Å². The third kappa shape index (κ3) is 3.97. The summed E-state index contributed by atoms with van der Waals surface area (Å²) in [6.07, 6.45) is 1.77. The molecular formula is C25H34N8O3. The van der Waals surface area contributed by atoms with E-state index in [1.165, 1.54) is 6.92 Å². The third-order valence-electron chi connectivity index (χ3n) is 7.91. The number of carbonyl (C=O) groups is 1. The van der Waals surface area contributed by atoms with Gasteiger partial charge in [0.15, 0.2) is 17.5 Å². The summed E-state index contributed by atoms with van der Waals surface area (Å²) in [6.45, 7) is 6.17. The molecule has 2 atom stereocenters. The molecule has 3 aliphatic rings. The molecule has 0 saturated carbocycles. The molecule has 11 heteroatoms. The van der Waals surface area contributed by atoms with Crippen LogP contribution >= 0.6 is 0 Å². The minimum absolute atomic E-state index is 0.00214. The molecule has 0 aliphatic carbocycles. The minimum atomic E-state index is -0.321. The first kappa shape index (κ1) is 24.4. The number of piperidine rings is 1. The number of hydrogen-bond donors (Lipinski definition) is 4. The zero-order chi connectivity index (χ0) is 25.6. The molecule has 6 N–H and O–H groups in total. The number of nitrogens with two attached hydrogens (primary N) is 2. The number of anilines is 4. The highest BCUT2D eigenvalue weighted by Crippen LogP contribution is 2.42. The van der Waals surface area contributed by atoms with Crippen molar-refractivity contribution in [2.24, 2.45) is 11.1 Å². The van der Waals surface area contributed by atoms with Gasteiger partial charge in [-0.2, -0.15) is 0 Å². The summed E-state index contributed by atoms with van der Waals surface area (Å²) in [6, 6.07) is 7.46. The fourth-order valence-electron chi connectivity index (χ4n) is 5.69. The summed E-state index contributed by atoms with van der Waals surface area (Å²) in [4.78, 5) is 26.9. The predicted molar refractivity (Wildman–Crippen MR) is 138 cm³/mol. The largest absolute Gasteiger partial charge is 0.390 e.